The first-order valence-corrected chi connectivity index (χ1v) is 13.2. The van der Waals surface area contributed by atoms with Gasteiger partial charge in [0.1, 0.15) is 6.54 Å². The summed E-state index contributed by atoms with van der Waals surface area (Å²) >= 11 is 13.3. The van der Waals surface area contributed by atoms with E-state index in [9.17, 15) is 19.2 Å². The summed E-state index contributed by atoms with van der Waals surface area (Å²) in [5.74, 6) is -2.77. The molecule has 1 aliphatic heterocycles. The molecule has 2 aromatic rings. The summed E-state index contributed by atoms with van der Waals surface area (Å²) in [5.41, 5.74) is 1.63. The Kier molecular flexibility index (Phi) is 6.19. The Morgan fingerprint density at radius 1 is 0.912 bits per heavy atom. The summed E-state index contributed by atoms with van der Waals surface area (Å²) in [5, 5.41) is 2.40. The first kappa shape index (κ1) is 23.7. The number of nitrogens with zero attached hydrogens (tertiary/aromatic N) is 2. The summed E-state index contributed by atoms with van der Waals surface area (Å²) in [7, 11) is 0. The molecule has 2 aliphatic carbocycles. The van der Waals surface area contributed by atoms with Crippen molar-refractivity contribution in [2.75, 3.05) is 6.54 Å². The zero-order valence-corrected chi connectivity index (χ0v) is 22.1. The Balaban J connectivity index is 1.50. The van der Waals surface area contributed by atoms with Gasteiger partial charge in [-0.15, -0.1) is 0 Å². The van der Waals surface area contributed by atoms with Crippen LogP contribution in [0, 0.1) is 30.6 Å². The lowest BCUT2D eigenvalue weighted by Crippen LogP contribution is -2.52. The fourth-order valence-electron chi connectivity index (χ4n) is 5.51. The predicted molar refractivity (Wildman–Crippen MR) is 134 cm³/mol. The first-order chi connectivity index (χ1) is 16.2. The van der Waals surface area contributed by atoms with E-state index in [2.05, 4.69) is 31.9 Å². The van der Waals surface area contributed by atoms with Gasteiger partial charge in [-0.3, -0.25) is 19.2 Å². The average Bonchev–Trinajstić information content (AvgIpc) is 3.43. The number of halogens is 3. The Bertz CT molecular complexity index is 1150. The Labute approximate surface area is 218 Å². The molecule has 6 atom stereocenters. The molecule has 1 heterocycles. The van der Waals surface area contributed by atoms with Gasteiger partial charge in [-0.2, -0.15) is 5.01 Å². The van der Waals surface area contributed by atoms with Crippen LogP contribution in [0.2, 0.25) is 5.02 Å². The number of carbonyl (C=O) groups excluding carboxylic acids is 4. The summed E-state index contributed by atoms with van der Waals surface area (Å²) in [6, 6.07) is 13.1. The third-order valence-electron chi connectivity index (χ3n) is 7.20. The third-order valence-corrected chi connectivity index (χ3v) is 10.7. The van der Waals surface area contributed by atoms with E-state index in [1.165, 1.54) is 12.1 Å². The van der Waals surface area contributed by atoms with E-state index < -0.39 is 36.1 Å². The molecule has 3 amide bonds. The van der Waals surface area contributed by atoms with Crippen molar-refractivity contribution in [3.05, 3.63) is 70.2 Å². The van der Waals surface area contributed by atoms with Gasteiger partial charge in [0.25, 0.3) is 17.7 Å². The molecule has 176 valence electrons. The number of carbonyl (C=O) groups is 4. The van der Waals surface area contributed by atoms with E-state index in [0.29, 0.717) is 10.6 Å². The molecule has 34 heavy (non-hydrogen) atoms. The van der Waals surface area contributed by atoms with Gasteiger partial charge in [0.2, 0.25) is 0 Å². The van der Waals surface area contributed by atoms with Crippen molar-refractivity contribution >= 4 is 67.0 Å². The minimum Gasteiger partial charge on any atom is -0.292 e. The number of alkyl halides is 2. The van der Waals surface area contributed by atoms with E-state index >= 15 is 0 Å². The van der Waals surface area contributed by atoms with Gasteiger partial charge in [-0.25, -0.2) is 5.01 Å². The van der Waals surface area contributed by atoms with Crippen LogP contribution in [-0.2, 0) is 9.59 Å². The number of rotatable bonds is 5. The van der Waals surface area contributed by atoms with Crippen LogP contribution >= 0.6 is 43.5 Å². The molecule has 5 rings (SSSR count). The fraction of sp³-hybridized carbons (Fsp3) is 0.360. The molecule has 1 saturated heterocycles. The normalized spacial score (nSPS) is 29.5. The molecule has 0 spiro atoms. The smallest absolute Gasteiger partial charge is 0.273 e. The van der Waals surface area contributed by atoms with Crippen LogP contribution < -0.4 is 0 Å². The SMILES string of the molecule is Cc1ccc(C(=O)CN(C(=O)c2ccc(Cl)cc2)N2C(=O)[C@@H]3[C@H]4C[C@@H]([C@@H](Br)[C@H]4Br)[C@H]3C2=O)cc1. The van der Waals surface area contributed by atoms with E-state index in [0.717, 1.165) is 22.0 Å². The van der Waals surface area contributed by atoms with Crippen molar-refractivity contribution in [2.24, 2.45) is 23.7 Å². The van der Waals surface area contributed by atoms with Gasteiger partial charge in [0, 0.05) is 25.8 Å². The van der Waals surface area contributed by atoms with Gasteiger partial charge in [-0.1, -0.05) is 73.3 Å². The molecule has 2 bridgehead atoms. The highest BCUT2D eigenvalue weighted by atomic mass is 79.9. The largest absolute Gasteiger partial charge is 0.292 e. The van der Waals surface area contributed by atoms with Crippen LogP contribution in [-0.4, -0.2) is 49.7 Å². The molecular formula is C25H21Br2ClN2O4. The molecule has 3 aliphatic rings. The molecule has 9 heteroatoms. The van der Waals surface area contributed by atoms with Crippen LogP contribution in [0.1, 0.15) is 32.7 Å². The lowest BCUT2D eigenvalue weighted by Gasteiger charge is -2.31. The first-order valence-electron chi connectivity index (χ1n) is 11.0. The number of fused-ring (bicyclic) bond motifs is 5. The number of Topliss-reactive ketones (excluding diaryl/α,β-unsaturated/α-hetero) is 1. The molecule has 0 N–H and O–H groups in total. The second-order valence-corrected chi connectivity index (χ2v) is 11.7. The molecule has 2 aromatic carbocycles. The van der Waals surface area contributed by atoms with Crippen molar-refractivity contribution in [1.29, 1.82) is 0 Å². The summed E-state index contributed by atoms with van der Waals surface area (Å²) in [4.78, 5) is 54.0. The number of hydrazine groups is 1. The number of hydrogen-bond acceptors (Lipinski definition) is 4. The van der Waals surface area contributed by atoms with Crippen molar-refractivity contribution in [1.82, 2.24) is 10.0 Å². The highest BCUT2D eigenvalue weighted by Gasteiger charge is 2.67. The van der Waals surface area contributed by atoms with Crippen LogP contribution in [0.4, 0.5) is 0 Å². The monoisotopic (exact) mass is 606 g/mol. The lowest BCUT2D eigenvalue weighted by molar-refractivity contribution is -0.154. The topological polar surface area (TPSA) is 74.8 Å². The number of aryl methyl sites for hydroxylation is 1. The number of hydrogen-bond donors (Lipinski definition) is 0. The van der Waals surface area contributed by atoms with Gasteiger partial charge in [-0.05, 0) is 49.4 Å². The van der Waals surface area contributed by atoms with E-state index in [4.69, 9.17) is 11.6 Å². The maximum absolute atomic E-state index is 13.6. The zero-order chi connectivity index (χ0) is 24.3. The Morgan fingerprint density at radius 3 is 1.94 bits per heavy atom. The van der Waals surface area contributed by atoms with Crippen molar-refractivity contribution in [2.45, 2.75) is 23.0 Å². The molecular weight excluding hydrogens is 588 g/mol. The lowest BCUT2D eigenvalue weighted by atomic mass is 9.81. The molecule has 0 radical (unpaired) electrons. The number of ketones is 1. The fourth-order valence-corrected chi connectivity index (χ4v) is 7.51. The number of amides is 3. The molecule has 2 saturated carbocycles. The second kappa shape index (κ2) is 8.88. The van der Waals surface area contributed by atoms with E-state index in [1.807, 2.05) is 6.92 Å². The van der Waals surface area contributed by atoms with E-state index in [-0.39, 0.29) is 32.8 Å². The average molecular weight is 609 g/mol. The predicted octanol–water partition coefficient (Wildman–Crippen LogP) is 4.67. The van der Waals surface area contributed by atoms with Gasteiger partial charge in [0.05, 0.1) is 11.8 Å². The second-order valence-electron chi connectivity index (χ2n) is 9.15. The van der Waals surface area contributed by atoms with Gasteiger partial charge < -0.3 is 0 Å². The minimum absolute atomic E-state index is 0.00103. The number of imide groups is 1. The number of benzene rings is 2. The van der Waals surface area contributed by atoms with Crippen molar-refractivity contribution < 1.29 is 19.2 Å². The van der Waals surface area contributed by atoms with Crippen LogP contribution in [0.5, 0.6) is 0 Å². The molecule has 6 nitrogen and oxygen atoms in total. The van der Waals surface area contributed by atoms with Crippen molar-refractivity contribution in [3.8, 4) is 0 Å². The van der Waals surface area contributed by atoms with Gasteiger partial charge >= 0.3 is 0 Å². The van der Waals surface area contributed by atoms with Crippen LogP contribution in [0.15, 0.2) is 48.5 Å². The zero-order valence-electron chi connectivity index (χ0n) is 18.2. The third kappa shape index (κ3) is 3.74. The Hall–Kier alpha value is -2.03. The summed E-state index contributed by atoms with van der Waals surface area (Å²) in [6.45, 7) is 1.49. The van der Waals surface area contributed by atoms with Crippen molar-refractivity contribution in [3.63, 3.8) is 0 Å². The van der Waals surface area contributed by atoms with Crippen LogP contribution in [0.3, 0.4) is 0 Å². The maximum Gasteiger partial charge on any atom is 0.273 e. The van der Waals surface area contributed by atoms with E-state index in [1.54, 1.807) is 36.4 Å². The highest BCUT2D eigenvalue weighted by Crippen LogP contribution is 2.60. The summed E-state index contributed by atoms with van der Waals surface area (Å²) < 4.78 is 0. The molecule has 0 unspecified atom stereocenters. The maximum atomic E-state index is 13.6. The highest BCUT2D eigenvalue weighted by molar-refractivity contribution is 9.12. The molecule has 0 aromatic heterocycles. The standard InChI is InChI=1S/C25H21Br2ClN2O4/c1-12-2-4-13(5-3-12)18(31)11-29(23(32)14-6-8-15(28)9-7-14)30-24(33)19-16-10-17(20(19)25(30)34)22(27)21(16)26/h2-9,16-17,19-22H,10-11H2,1H3/t16-,17-,19-,20-,21-,22+/m1/s1. The minimum atomic E-state index is -0.600. The summed E-state index contributed by atoms with van der Waals surface area (Å²) in [6.07, 6.45) is 0.778. The Morgan fingerprint density at radius 2 is 1.41 bits per heavy atom. The van der Waals surface area contributed by atoms with Crippen LogP contribution in [0.25, 0.3) is 0 Å². The van der Waals surface area contributed by atoms with Gasteiger partial charge in [0.15, 0.2) is 5.78 Å². The molecule has 3 fully saturated rings. The quantitative estimate of drug-likeness (QED) is 0.281.